The van der Waals surface area contributed by atoms with E-state index in [0.717, 1.165) is 52.7 Å². The number of nitrogens with zero attached hydrogens (tertiary/aromatic N) is 4. The van der Waals surface area contributed by atoms with Crippen LogP contribution in [0.3, 0.4) is 0 Å². The molecule has 0 fully saturated rings. The Bertz CT molecular complexity index is 1850. The van der Waals surface area contributed by atoms with E-state index in [2.05, 4.69) is 5.32 Å². The van der Waals surface area contributed by atoms with E-state index in [9.17, 15) is 14.4 Å². The number of aryl methyl sites for hydroxylation is 3. The van der Waals surface area contributed by atoms with Crippen LogP contribution in [0.15, 0.2) is 75.4 Å². The Labute approximate surface area is 245 Å². The summed E-state index contributed by atoms with van der Waals surface area (Å²) in [5, 5.41) is 4.09. The molecule has 0 radical (unpaired) electrons. The van der Waals surface area contributed by atoms with Gasteiger partial charge in [-0.15, -0.1) is 11.3 Å². The number of nitrogens with one attached hydrogen (secondary N) is 1. The monoisotopic (exact) mass is 585 g/mol. The van der Waals surface area contributed by atoms with Crippen LogP contribution < -0.4 is 16.4 Å². The van der Waals surface area contributed by atoms with Crippen molar-refractivity contribution in [2.45, 2.75) is 50.7 Å². The van der Waals surface area contributed by atoms with E-state index in [4.69, 9.17) is 4.98 Å². The van der Waals surface area contributed by atoms with E-state index in [0.29, 0.717) is 23.8 Å². The van der Waals surface area contributed by atoms with Gasteiger partial charge in [-0.05, 0) is 62.3 Å². The molecule has 0 saturated carbocycles. The van der Waals surface area contributed by atoms with Crippen LogP contribution in [0.25, 0.3) is 15.9 Å². The zero-order valence-corrected chi connectivity index (χ0v) is 24.7. The normalized spacial score (nSPS) is 12.9. The number of thiophene rings is 1. The van der Waals surface area contributed by atoms with Crippen molar-refractivity contribution in [3.05, 3.63) is 103 Å². The van der Waals surface area contributed by atoms with Gasteiger partial charge in [0.25, 0.3) is 11.1 Å². The highest BCUT2D eigenvalue weighted by molar-refractivity contribution is 7.99. The summed E-state index contributed by atoms with van der Waals surface area (Å²) in [5.41, 5.74) is 3.59. The Kier molecular flexibility index (Phi) is 7.68. The van der Waals surface area contributed by atoms with Crippen molar-refractivity contribution in [2.24, 2.45) is 7.05 Å². The molecule has 5 aromatic rings. The Morgan fingerprint density at radius 2 is 1.71 bits per heavy atom. The number of hydrogen-bond donors (Lipinski definition) is 1. The maximum absolute atomic E-state index is 13.9. The Hall–Kier alpha value is -3.89. The molecule has 0 atom stereocenters. The first-order chi connectivity index (χ1) is 19.9. The SMILES string of the molecule is Cc1c(NC(=O)CSc2nc3sc4c(c3c(=O)n2CCc2ccccc2)CCCC4)c(=O)n(-c2ccccc2)n1C. The van der Waals surface area contributed by atoms with Crippen molar-refractivity contribution < 1.29 is 4.79 Å². The molecule has 3 aromatic heterocycles. The van der Waals surface area contributed by atoms with Gasteiger partial charge in [0.1, 0.15) is 10.5 Å². The number of thioether (sulfide) groups is 1. The highest BCUT2D eigenvalue weighted by Crippen LogP contribution is 2.34. The molecule has 3 heterocycles. The molecule has 10 heteroatoms. The predicted molar refractivity (Wildman–Crippen MR) is 166 cm³/mol. The van der Waals surface area contributed by atoms with E-state index in [1.807, 2.05) is 60.7 Å². The Morgan fingerprint density at radius 3 is 2.46 bits per heavy atom. The first-order valence-corrected chi connectivity index (χ1v) is 15.6. The van der Waals surface area contributed by atoms with Gasteiger partial charge in [0.2, 0.25) is 5.91 Å². The number of carbonyl (C=O) groups excluding carboxylic acids is 1. The van der Waals surface area contributed by atoms with Crippen molar-refractivity contribution in [3.8, 4) is 5.69 Å². The summed E-state index contributed by atoms with van der Waals surface area (Å²) in [6, 6.07) is 19.4. The van der Waals surface area contributed by atoms with Gasteiger partial charge in [-0.1, -0.05) is 60.3 Å². The number of anilines is 1. The minimum atomic E-state index is -0.324. The summed E-state index contributed by atoms with van der Waals surface area (Å²) in [6.45, 7) is 2.28. The number of para-hydroxylation sites is 1. The average molecular weight is 586 g/mol. The van der Waals surface area contributed by atoms with Crippen LogP contribution in [-0.4, -0.2) is 30.6 Å². The lowest BCUT2D eigenvalue weighted by Crippen LogP contribution is -2.26. The molecule has 1 aliphatic rings. The number of amides is 1. The molecule has 8 nitrogen and oxygen atoms in total. The van der Waals surface area contributed by atoms with Crippen molar-refractivity contribution >= 4 is 44.9 Å². The van der Waals surface area contributed by atoms with Crippen LogP contribution in [0, 0.1) is 6.92 Å². The lowest BCUT2D eigenvalue weighted by molar-refractivity contribution is -0.113. The quantitative estimate of drug-likeness (QED) is 0.202. The zero-order valence-electron chi connectivity index (χ0n) is 23.1. The number of hydrogen-bond acceptors (Lipinski definition) is 6. The van der Waals surface area contributed by atoms with Gasteiger partial charge in [0.05, 0.1) is 22.5 Å². The van der Waals surface area contributed by atoms with Gasteiger partial charge in [-0.3, -0.25) is 23.6 Å². The molecule has 0 bridgehead atoms. The standard InChI is InChI=1S/C31H31N5O3S2/c1-20-27(30(39)36(34(20)2)22-13-7-4-8-14-22)32-25(37)19-40-31-33-28-26(23-15-9-10-16-24(23)41-28)29(38)35(31)18-17-21-11-5-3-6-12-21/h3-8,11-14H,9-10,15-19H2,1-2H3,(H,32,37). The first-order valence-electron chi connectivity index (χ1n) is 13.8. The lowest BCUT2D eigenvalue weighted by Gasteiger charge is -2.13. The van der Waals surface area contributed by atoms with Crippen molar-refractivity contribution in [1.29, 1.82) is 0 Å². The Morgan fingerprint density at radius 1 is 1.00 bits per heavy atom. The molecular formula is C31H31N5O3S2. The third-order valence-corrected chi connectivity index (χ3v) is 9.82. The van der Waals surface area contributed by atoms with Crippen LogP contribution >= 0.6 is 23.1 Å². The number of carbonyl (C=O) groups is 1. The zero-order chi connectivity index (χ0) is 28.5. The van der Waals surface area contributed by atoms with Crippen molar-refractivity contribution in [1.82, 2.24) is 18.9 Å². The molecule has 0 unspecified atom stereocenters. The molecule has 0 saturated heterocycles. The summed E-state index contributed by atoms with van der Waals surface area (Å²) in [6.07, 6.45) is 4.80. The van der Waals surface area contributed by atoms with Crippen LogP contribution in [0.1, 0.15) is 34.5 Å². The second-order valence-electron chi connectivity index (χ2n) is 10.3. The summed E-state index contributed by atoms with van der Waals surface area (Å²) in [5.74, 6) is -0.302. The van der Waals surface area contributed by atoms with Gasteiger partial charge in [0.15, 0.2) is 5.16 Å². The molecule has 0 aliphatic heterocycles. The molecule has 41 heavy (non-hydrogen) atoms. The van der Waals surface area contributed by atoms with Crippen molar-refractivity contribution in [2.75, 3.05) is 11.1 Å². The third kappa shape index (κ3) is 5.29. The number of fused-ring (bicyclic) bond motifs is 3. The lowest BCUT2D eigenvalue weighted by atomic mass is 9.97. The number of benzene rings is 2. The average Bonchev–Trinajstić information content (AvgIpc) is 3.46. The summed E-state index contributed by atoms with van der Waals surface area (Å²) < 4.78 is 4.99. The molecule has 210 valence electrons. The fourth-order valence-corrected chi connectivity index (χ4v) is 7.56. The first kappa shape index (κ1) is 27.3. The van der Waals surface area contributed by atoms with E-state index in [1.165, 1.54) is 21.3 Å². The third-order valence-electron chi connectivity index (χ3n) is 7.66. The summed E-state index contributed by atoms with van der Waals surface area (Å²) in [7, 11) is 1.79. The number of rotatable bonds is 8. The summed E-state index contributed by atoms with van der Waals surface area (Å²) in [4.78, 5) is 47.2. The van der Waals surface area contributed by atoms with Gasteiger partial charge >= 0.3 is 0 Å². The van der Waals surface area contributed by atoms with Gasteiger partial charge in [-0.25, -0.2) is 9.67 Å². The van der Waals surface area contributed by atoms with Crippen molar-refractivity contribution in [3.63, 3.8) is 0 Å². The van der Waals surface area contributed by atoms with Crippen LogP contribution in [0.2, 0.25) is 0 Å². The smallest absolute Gasteiger partial charge is 0.295 e. The highest BCUT2D eigenvalue weighted by Gasteiger charge is 2.23. The van der Waals surface area contributed by atoms with E-state index in [-0.39, 0.29) is 28.5 Å². The largest absolute Gasteiger partial charge is 0.319 e. The van der Waals surface area contributed by atoms with Crippen LogP contribution in [0.5, 0.6) is 0 Å². The second kappa shape index (κ2) is 11.5. The van der Waals surface area contributed by atoms with E-state index >= 15 is 0 Å². The van der Waals surface area contributed by atoms with Gasteiger partial charge < -0.3 is 5.32 Å². The molecule has 1 N–H and O–H groups in total. The highest BCUT2D eigenvalue weighted by atomic mass is 32.2. The summed E-state index contributed by atoms with van der Waals surface area (Å²) >= 11 is 2.84. The maximum Gasteiger partial charge on any atom is 0.295 e. The topological polar surface area (TPSA) is 90.9 Å². The fraction of sp³-hybridized carbons (Fsp3) is 0.290. The van der Waals surface area contributed by atoms with Gasteiger partial charge in [-0.2, -0.15) is 0 Å². The maximum atomic E-state index is 13.9. The van der Waals surface area contributed by atoms with Crippen LogP contribution in [-0.2, 0) is 37.6 Å². The Balaban J connectivity index is 1.28. The minimum absolute atomic E-state index is 0.0213. The molecule has 0 spiro atoms. The van der Waals surface area contributed by atoms with E-state index in [1.54, 1.807) is 34.6 Å². The molecular weight excluding hydrogens is 555 g/mol. The molecule has 2 aromatic carbocycles. The fourth-order valence-electron chi connectivity index (χ4n) is 5.43. The second-order valence-corrected chi connectivity index (χ2v) is 12.3. The minimum Gasteiger partial charge on any atom is -0.319 e. The predicted octanol–water partition coefficient (Wildman–Crippen LogP) is 5.11. The van der Waals surface area contributed by atoms with Gasteiger partial charge in [0, 0.05) is 18.5 Å². The number of aromatic nitrogens is 4. The molecule has 6 rings (SSSR count). The van der Waals surface area contributed by atoms with E-state index < -0.39 is 0 Å². The van der Waals surface area contributed by atoms with Crippen LogP contribution in [0.4, 0.5) is 5.69 Å². The molecule has 1 amide bonds. The molecule has 1 aliphatic carbocycles.